The van der Waals surface area contributed by atoms with Gasteiger partial charge >= 0.3 is 0 Å². The lowest BCUT2D eigenvalue weighted by Crippen LogP contribution is -2.28. The molecule has 0 spiro atoms. The van der Waals surface area contributed by atoms with Gasteiger partial charge in [-0.05, 0) is 32.2 Å². The smallest absolute Gasteiger partial charge is 0.127 e. The second-order valence-electron chi connectivity index (χ2n) is 3.86. The van der Waals surface area contributed by atoms with Crippen molar-refractivity contribution in [3.8, 4) is 6.07 Å². The van der Waals surface area contributed by atoms with Gasteiger partial charge in [0.15, 0.2) is 0 Å². The minimum absolute atomic E-state index is 0.128. The van der Waals surface area contributed by atoms with E-state index in [1.807, 2.05) is 18.9 Å². The third-order valence-corrected chi connectivity index (χ3v) is 3.06. The Bertz CT molecular complexity index is 400. The minimum Gasteiger partial charge on any atom is -0.298 e. The largest absolute Gasteiger partial charge is 0.298 e. The van der Waals surface area contributed by atoms with Crippen molar-refractivity contribution < 1.29 is 4.39 Å². The lowest BCUT2D eigenvalue weighted by molar-refractivity contribution is 0.249. The molecule has 1 aromatic carbocycles. The molecule has 0 heterocycles. The van der Waals surface area contributed by atoms with Gasteiger partial charge < -0.3 is 0 Å². The van der Waals surface area contributed by atoms with Crippen LogP contribution in [0.2, 0.25) is 0 Å². The summed E-state index contributed by atoms with van der Waals surface area (Å²) in [4.78, 5) is 1.97. The zero-order chi connectivity index (χ0) is 12.1. The Morgan fingerprint density at radius 3 is 2.88 bits per heavy atom. The third-order valence-electron chi connectivity index (χ3n) is 2.57. The Morgan fingerprint density at radius 2 is 2.25 bits per heavy atom. The molecule has 0 aliphatic rings. The zero-order valence-electron chi connectivity index (χ0n) is 9.37. The average molecular weight is 285 g/mol. The van der Waals surface area contributed by atoms with E-state index in [9.17, 15) is 4.39 Å². The van der Waals surface area contributed by atoms with Gasteiger partial charge in [-0.15, -0.1) is 0 Å². The molecule has 0 N–H and O–H groups in total. The number of halogens is 2. The first kappa shape index (κ1) is 13.1. The summed E-state index contributed by atoms with van der Waals surface area (Å²) in [5.41, 5.74) is 0.640. The monoisotopic (exact) mass is 284 g/mol. The normalized spacial score (nSPS) is 12.5. The predicted molar refractivity (Wildman–Crippen MR) is 65.3 cm³/mol. The van der Waals surface area contributed by atoms with Gasteiger partial charge in [0.1, 0.15) is 5.82 Å². The highest BCUT2D eigenvalue weighted by molar-refractivity contribution is 9.10. The fourth-order valence-electron chi connectivity index (χ4n) is 1.38. The van der Waals surface area contributed by atoms with Gasteiger partial charge in [0.05, 0.1) is 12.5 Å². The average Bonchev–Trinajstić information content (AvgIpc) is 2.23. The van der Waals surface area contributed by atoms with Gasteiger partial charge in [-0.1, -0.05) is 15.9 Å². The van der Waals surface area contributed by atoms with Crippen molar-refractivity contribution in [1.29, 1.82) is 5.26 Å². The fraction of sp³-hybridized carbons (Fsp3) is 0.417. The molecular formula is C12H14BrFN2. The molecule has 0 aliphatic heterocycles. The first-order valence-corrected chi connectivity index (χ1v) is 5.85. The van der Waals surface area contributed by atoms with E-state index in [4.69, 9.17) is 5.26 Å². The molecule has 1 rings (SSSR count). The number of nitriles is 1. The van der Waals surface area contributed by atoms with Crippen LogP contribution in [0.15, 0.2) is 22.7 Å². The van der Waals surface area contributed by atoms with Gasteiger partial charge in [0.25, 0.3) is 0 Å². The predicted octanol–water partition coefficient (Wildman–Crippen LogP) is 3.32. The number of benzene rings is 1. The van der Waals surface area contributed by atoms with Crippen molar-refractivity contribution >= 4 is 15.9 Å². The Kier molecular flexibility index (Phi) is 4.91. The van der Waals surface area contributed by atoms with E-state index in [1.54, 1.807) is 12.1 Å². The molecule has 0 fully saturated rings. The standard InChI is InChI=1S/C12H14BrFN2/c1-9(5-6-15)16(2)8-10-7-11(13)3-4-12(10)14/h3-4,7,9H,5,8H2,1-2H3. The van der Waals surface area contributed by atoms with Crippen molar-refractivity contribution in [3.63, 3.8) is 0 Å². The van der Waals surface area contributed by atoms with Gasteiger partial charge in [-0.25, -0.2) is 4.39 Å². The van der Waals surface area contributed by atoms with E-state index < -0.39 is 0 Å². The number of nitrogens with zero attached hydrogens (tertiary/aromatic N) is 2. The molecule has 0 aromatic heterocycles. The molecule has 0 aliphatic carbocycles. The Balaban J connectivity index is 2.73. The van der Waals surface area contributed by atoms with Gasteiger partial charge in [0, 0.05) is 22.6 Å². The van der Waals surface area contributed by atoms with E-state index in [0.717, 1.165) is 4.47 Å². The summed E-state index contributed by atoms with van der Waals surface area (Å²) in [5.74, 6) is -0.209. The van der Waals surface area contributed by atoms with Crippen LogP contribution < -0.4 is 0 Å². The molecule has 0 amide bonds. The number of hydrogen-bond acceptors (Lipinski definition) is 2. The molecule has 86 valence electrons. The third kappa shape index (κ3) is 3.58. The highest BCUT2D eigenvalue weighted by atomic mass is 79.9. The Hall–Kier alpha value is -0.920. The molecule has 1 unspecified atom stereocenters. The minimum atomic E-state index is -0.209. The summed E-state index contributed by atoms with van der Waals surface area (Å²) in [6.45, 7) is 2.47. The lowest BCUT2D eigenvalue weighted by atomic mass is 10.1. The van der Waals surface area contributed by atoms with Crippen LogP contribution in [-0.4, -0.2) is 18.0 Å². The topological polar surface area (TPSA) is 27.0 Å². The summed E-state index contributed by atoms with van der Waals surface area (Å²) in [6, 6.07) is 7.14. The molecule has 16 heavy (non-hydrogen) atoms. The maximum absolute atomic E-state index is 13.5. The first-order chi connectivity index (χ1) is 7.54. The molecule has 4 heteroatoms. The maximum atomic E-state index is 13.5. The van der Waals surface area contributed by atoms with Crippen molar-refractivity contribution in [2.45, 2.75) is 25.9 Å². The SMILES string of the molecule is CC(CC#N)N(C)Cc1cc(Br)ccc1F. The van der Waals surface area contributed by atoms with Crippen molar-refractivity contribution in [2.24, 2.45) is 0 Å². The fourth-order valence-corrected chi connectivity index (χ4v) is 1.79. The highest BCUT2D eigenvalue weighted by Gasteiger charge is 2.11. The number of rotatable bonds is 4. The second kappa shape index (κ2) is 5.97. The Labute approximate surface area is 104 Å². The molecule has 2 nitrogen and oxygen atoms in total. The molecule has 0 bridgehead atoms. The van der Waals surface area contributed by atoms with E-state index >= 15 is 0 Å². The zero-order valence-corrected chi connectivity index (χ0v) is 11.0. The molecule has 0 saturated carbocycles. The molecule has 1 atom stereocenters. The van der Waals surface area contributed by atoms with E-state index in [1.165, 1.54) is 6.07 Å². The second-order valence-corrected chi connectivity index (χ2v) is 4.78. The summed E-state index contributed by atoms with van der Waals surface area (Å²) in [7, 11) is 1.89. The maximum Gasteiger partial charge on any atom is 0.127 e. The van der Waals surface area contributed by atoms with Crippen LogP contribution in [0.4, 0.5) is 4.39 Å². The van der Waals surface area contributed by atoms with Crippen molar-refractivity contribution in [3.05, 3.63) is 34.1 Å². The van der Waals surface area contributed by atoms with E-state index in [0.29, 0.717) is 18.5 Å². The molecule has 0 radical (unpaired) electrons. The van der Waals surface area contributed by atoms with Gasteiger partial charge in [0.2, 0.25) is 0 Å². The lowest BCUT2D eigenvalue weighted by Gasteiger charge is -2.22. The van der Waals surface area contributed by atoms with E-state index in [-0.39, 0.29) is 11.9 Å². The van der Waals surface area contributed by atoms with E-state index in [2.05, 4.69) is 22.0 Å². The quantitative estimate of drug-likeness (QED) is 0.848. The summed E-state index contributed by atoms with van der Waals surface area (Å²) < 4.78 is 14.3. The van der Waals surface area contributed by atoms with Crippen LogP contribution in [0.1, 0.15) is 18.9 Å². The van der Waals surface area contributed by atoms with Crippen LogP contribution in [0, 0.1) is 17.1 Å². The first-order valence-electron chi connectivity index (χ1n) is 5.05. The van der Waals surface area contributed by atoms with Crippen LogP contribution >= 0.6 is 15.9 Å². The van der Waals surface area contributed by atoms with Gasteiger partial charge in [-0.2, -0.15) is 5.26 Å². The van der Waals surface area contributed by atoms with Crippen LogP contribution in [-0.2, 0) is 6.54 Å². The molecule has 0 saturated heterocycles. The summed E-state index contributed by atoms with van der Waals surface area (Å²) in [6.07, 6.45) is 0.451. The van der Waals surface area contributed by atoms with Crippen LogP contribution in [0.3, 0.4) is 0 Å². The van der Waals surface area contributed by atoms with Crippen molar-refractivity contribution in [1.82, 2.24) is 4.90 Å². The van der Waals surface area contributed by atoms with Crippen molar-refractivity contribution in [2.75, 3.05) is 7.05 Å². The number of hydrogen-bond donors (Lipinski definition) is 0. The highest BCUT2D eigenvalue weighted by Crippen LogP contribution is 2.17. The molecule has 1 aromatic rings. The molecular weight excluding hydrogens is 271 g/mol. The van der Waals surface area contributed by atoms with Gasteiger partial charge in [-0.3, -0.25) is 4.90 Å². The summed E-state index contributed by atoms with van der Waals surface area (Å²) in [5, 5.41) is 8.59. The van der Waals surface area contributed by atoms with Crippen LogP contribution in [0.5, 0.6) is 0 Å². The Morgan fingerprint density at radius 1 is 1.56 bits per heavy atom. The summed E-state index contributed by atoms with van der Waals surface area (Å²) >= 11 is 3.32. The van der Waals surface area contributed by atoms with Crippen LogP contribution in [0.25, 0.3) is 0 Å².